The van der Waals surface area contributed by atoms with Crippen molar-refractivity contribution >= 4 is 29.1 Å². The third kappa shape index (κ3) is 4.01. The lowest BCUT2D eigenvalue weighted by molar-refractivity contribution is -0.129. The van der Waals surface area contributed by atoms with Gasteiger partial charge in [0.2, 0.25) is 10.9 Å². The van der Waals surface area contributed by atoms with Gasteiger partial charge in [-0.15, -0.1) is 11.3 Å². The van der Waals surface area contributed by atoms with Crippen molar-refractivity contribution in [2.45, 2.75) is 19.8 Å². The summed E-state index contributed by atoms with van der Waals surface area (Å²) in [5.74, 6) is -1.11. The fourth-order valence-corrected chi connectivity index (χ4v) is 2.68. The molecule has 2 amide bonds. The van der Waals surface area contributed by atoms with Gasteiger partial charge in [-0.3, -0.25) is 9.59 Å². The van der Waals surface area contributed by atoms with E-state index in [2.05, 4.69) is 10.3 Å². The topological polar surface area (TPSA) is 88.6 Å². The molecular formula is C13H17N3O4S. The smallest absolute Gasteiger partial charge is 0.367 e. The zero-order valence-electron chi connectivity index (χ0n) is 11.8. The van der Waals surface area contributed by atoms with Crippen LogP contribution >= 0.6 is 11.3 Å². The quantitative estimate of drug-likeness (QED) is 0.808. The van der Waals surface area contributed by atoms with Crippen LogP contribution in [0.1, 0.15) is 40.1 Å². The normalized spacial score (nSPS) is 14.0. The molecule has 0 spiro atoms. The number of rotatable bonds is 5. The van der Waals surface area contributed by atoms with Crippen LogP contribution in [0.2, 0.25) is 0 Å². The van der Waals surface area contributed by atoms with Crippen molar-refractivity contribution < 1.29 is 19.1 Å². The molecule has 1 fully saturated rings. The van der Waals surface area contributed by atoms with Gasteiger partial charge < -0.3 is 15.0 Å². The van der Waals surface area contributed by atoms with Gasteiger partial charge in [-0.1, -0.05) is 0 Å². The first kappa shape index (κ1) is 15.4. The number of ether oxygens (including phenoxy) is 1. The highest BCUT2D eigenvalue weighted by Crippen LogP contribution is 2.11. The summed E-state index contributed by atoms with van der Waals surface area (Å²) in [5, 5.41) is 4.13. The van der Waals surface area contributed by atoms with Crippen molar-refractivity contribution in [1.82, 2.24) is 15.2 Å². The Labute approximate surface area is 126 Å². The molecule has 114 valence electrons. The van der Waals surface area contributed by atoms with E-state index in [9.17, 15) is 14.4 Å². The Bertz CT molecular complexity index is 537. The summed E-state index contributed by atoms with van der Waals surface area (Å²) in [6, 6.07) is 0. The Morgan fingerprint density at radius 1 is 1.38 bits per heavy atom. The maximum Gasteiger partial charge on any atom is 0.367 e. The van der Waals surface area contributed by atoms with Gasteiger partial charge in [-0.2, -0.15) is 0 Å². The molecule has 0 bridgehead atoms. The standard InChI is InChI=1S/C13H17N3O4S/c1-2-20-13(19)12-15-9(8-21-12)11(18)14-7-10(17)16-5-3-4-6-16/h8H,2-7H2,1H3,(H,14,18). The molecule has 0 radical (unpaired) electrons. The Hall–Kier alpha value is -1.96. The van der Waals surface area contributed by atoms with Crippen LogP contribution < -0.4 is 5.32 Å². The fraction of sp³-hybridized carbons (Fsp3) is 0.538. The molecule has 0 unspecified atom stereocenters. The van der Waals surface area contributed by atoms with E-state index >= 15 is 0 Å². The van der Waals surface area contributed by atoms with E-state index in [4.69, 9.17) is 4.74 Å². The molecule has 21 heavy (non-hydrogen) atoms. The monoisotopic (exact) mass is 311 g/mol. The van der Waals surface area contributed by atoms with Gasteiger partial charge in [-0.05, 0) is 19.8 Å². The van der Waals surface area contributed by atoms with Gasteiger partial charge in [-0.25, -0.2) is 9.78 Å². The van der Waals surface area contributed by atoms with Gasteiger partial charge in [0.1, 0.15) is 5.69 Å². The summed E-state index contributed by atoms with van der Waals surface area (Å²) >= 11 is 1.04. The van der Waals surface area contributed by atoms with E-state index in [0.717, 1.165) is 37.3 Å². The van der Waals surface area contributed by atoms with Gasteiger partial charge in [0.25, 0.3) is 5.91 Å². The van der Waals surface area contributed by atoms with Crippen LogP contribution in [-0.4, -0.2) is 53.9 Å². The molecular weight excluding hydrogens is 294 g/mol. The zero-order valence-corrected chi connectivity index (χ0v) is 12.6. The summed E-state index contributed by atoms with van der Waals surface area (Å²) in [6.07, 6.45) is 2.02. The molecule has 8 heteroatoms. The van der Waals surface area contributed by atoms with Crippen molar-refractivity contribution in [1.29, 1.82) is 0 Å². The van der Waals surface area contributed by atoms with Crippen molar-refractivity contribution in [2.75, 3.05) is 26.2 Å². The van der Waals surface area contributed by atoms with E-state index in [1.807, 2.05) is 0 Å². The second-order valence-corrected chi connectivity index (χ2v) is 5.39. The number of thiazole rings is 1. The van der Waals surface area contributed by atoms with Crippen LogP contribution in [0.25, 0.3) is 0 Å². The maximum atomic E-state index is 11.9. The molecule has 0 aromatic carbocycles. The molecule has 1 aromatic rings. The van der Waals surface area contributed by atoms with E-state index < -0.39 is 11.9 Å². The molecule has 1 aliphatic rings. The van der Waals surface area contributed by atoms with E-state index in [0.29, 0.717) is 0 Å². The molecule has 2 rings (SSSR count). The predicted molar refractivity (Wildman–Crippen MR) is 76.2 cm³/mol. The average molecular weight is 311 g/mol. The van der Waals surface area contributed by atoms with Crippen LogP contribution in [0.3, 0.4) is 0 Å². The minimum atomic E-state index is -0.547. The molecule has 1 aromatic heterocycles. The third-order valence-corrected chi connectivity index (χ3v) is 3.87. The number of hydrogen-bond donors (Lipinski definition) is 1. The Kier molecular flexibility index (Phi) is 5.26. The van der Waals surface area contributed by atoms with Gasteiger partial charge in [0.15, 0.2) is 0 Å². The Morgan fingerprint density at radius 3 is 2.76 bits per heavy atom. The zero-order chi connectivity index (χ0) is 15.2. The third-order valence-electron chi connectivity index (χ3n) is 3.05. The molecule has 1 N–H and O–H groups in total. The molecule has 0 aliphatic carbocycles. The van der Waals surface area contributed by atoms with Crippen LogP contribution in [0.5, 0.6) is 0 Å². The number of hydrogen-bond acceptors (Lipinski definition) is 6. The first-order valence-corrected chi connectivity index (χ1v) is 7.68. The van der Waals surface area contributed by atoms with E-state index in [1.54, 1.807) is 11.8 Å². The second kappa shape index (κ2) is 7.16. The average Bonchev–Trinajstić information content (AvgIpc) is 3.15. The number of carbonyl (C=O) groups excluding carboxylic acids is 3. The fourth-order valence-electron chi connectivity index (χ4n) is 1.99. The molecule has 0 saturated carbocycles. The molecule has 2 heterocycles. The highest BCUT2D eigenvalue weighted by Gasteiger charge is 2.20. The highest BCUT2D eigenvalue weighted by atomic mass is 32.1. The number of esters is 1. The summed E-state index contributed by atoms with van der Waals surface area (Å²) in [4.78, 5) is 40.8. The lowest BCUT2D eigenvalue weighted by atomic mass is 10.4. The van der Waals surface area contributed by atoms with Crippen molar-refractivity contribution in [3.63, 3.8) is 0 Å². The van der Waals surface area contributed by atoms with E-state index in [-0.39, 0.29) is 29.8 Å². The number of amides is 2. The van der Waals surface area contributed by atoms with Crippen LogP contribution in [0, 0.1) is 0 Å². The van der Waals surface area contributed by atoms with Gasteiger partial charge in [0.05, 0.1) is 13.2 Å². The Balaban J connectivity index is 1.85. The Morgan fingerprint density at radius 2 is 2.10 bits per heavy atom. The van der Waals surface area contributed by atoms with Crippen LogP contribution in [0.15, 0.2) is 5.38 Å². The number of carbonyl (C=O) groups is 3. The molecule has 0 atom stereocenters. The van der Waals surface area contributed by atoms with Crippen LogP contribution in [-0.2, 0) is 9.53 Å². The van der Waals surface area contributed by atoms with Gasteiger partial charge >= 0.3 is 5.97 Å². The lowest BCUT2D eigenvalue weighted by Crippen LogP contribution is -2.38. The first-order valence-electron chi connectivity index (χ1n) is 6.80. The number of aromatic nitrogens is 1. The summed E-state index contributed by atoms with van der Waals surface area (Å²) < 4.78 is 4.80. The van der Waals surface area contributed by atoms with Crippen molar-refractivity contribution in [2.24, 2.45) is 0 Å². The highest BCUT2D eigenvalue weighted by molar-refractivity contribution is 7.11. The number of likely N-dealkylation sites (tertiary alicyclic amines) is 1. The lowest BCUT2D eigenvalue weighted by Gasteiger charge is -2.14. The number of nitrogens with one attached hydrogen (secondary N) is 1. The number of nitrogens with zero attached hydrogens (tertiary/aromatic N) is 2. The predicted octanol–water partition coefficient (Wildman–Crippen LogP) is 0.672. The summed E-state index contributed by atoms with van der Waals surface area (Å²) in [5.41, 5.74) is 0.122. The minimum absolute atomic E-state index is 0.0505. The molecule has 1 saturated heterocycles. The van der Waals surface area contributed by atoms with E-state index in [1.165, 1.54) is 5.38 Å². The maximum absolute atomic E-state index is 11.9. The molecule has 1 aliphatic heterocycles. The van der Waals surface area contributed by atoms with Gasteiger partial charge in [0, 0.05) is 18.5 Å². The largest absolute Gasteiger partial charge is 0.461 e. The van der Waals surface area contributed by atoms with Crippen molar-refractivity contribution in [3.8, 4) is 0 Å². The van der Waals surface area contributed by atoms with Crippen molar-refractivity contribution in [3.05, 3.63) is 16.1 Å². The minimum Gasteiger partial charge on any atom is -0.461 e. The first-order chi connectivity index (χ1) is 10.1. The summed E-state index contributed by atoms with van der Waals surface area (Å²) in [6.45, 7) is 3.40. The summed E-state index contributed by atoms with van der Waals surface area (Å²) in [7, 11) is 0. The molecule has 7 nitrogen and oxygen atoms in total. The SMILES string of the molecule is CCOC(=O)c1nc(C(=O)NCC(=O)N2CCCC2)cs1. The van der Waals surface area contributed by atoms with Crippen LogP contribution in [0.4, 0.5) is 0 Å². The second-order valence-electron chi connectivity index (χ2n) is 4.53.